The predicted molar refractivity (Wildman–Crippen MR) is 74.3 cm³/mol. The Morgan fingerprint density at radius 1 is 1.44 bits per heavy atom. The molecule has 0 unspecified atom stereocenters. The minimum atomic E-state index is -0.0702. The van der Waals surface area contributed by atoms with E-state index in [1.54, 1.807) is 18.3 Å². The van der Waals surface area contributed by atoms with Crippen LogP contribution in [0.1, 0.15) is 50.5 Å². The first-order chi connectivity index (χ1) is 8.57. The minimum absolute atomic E-state index is 0.0702. The van der Waals surface area contributed by atoms with Gasteiger partial charge in [0, 0.05) is 18.8 Å². The van der Waals surface area contributed by atoms with E-state index in [2.05, 4.69) is 11.9 Å². The molecule has 0 aliphatic heterocycles. The van der Waals surface area contributed by atoms with Gasteiger partial charge in [-0.3, -0.25) is 4.79 Å². The summed E-state index contributed by atoms with van der Waals surface area (Å²) < 4.78 is 0. The summed E-state index contributed by atoms with van der Waals surface area (Å²) in [5, 5.41) is 0. The molecule has 100 valence electrons. The highest BCUT2D eigenvalue weighted by atomic mass is 16.2. The van der Waals surface area contributed by atoms with Crippen molar-refractivity contribution in [2.24, 2.45) is 0 Å². The fourth-order valence-corrected chi connectivity index (χ4v) is 1.86. The van der Waals surface area contributed by atoms with Crippen molar-refractivity contribution in [3.05, 3.63) is 24.0 Å². The molecule has 1 rings (SSSR count). The number of rotatable bonds is 6. The largest absolute Gasteiger partial charge is 0.397 e. The van der Waals surface area contributed by atoms with E-state index in [0.717, 1.165) is 25.8 Å². The van der Waals surface area contributed by atoms with E-state index < -0.39 is 0 Å². The van der Waals surface area contributed by atoms with Crippen LogP contribution >= 0.6 is 0 Å². The van der Waals surface area contributed by atoms with Gasteiger partial charge in [0.25, 0.3) is 5.91 Å². The number of carbonyl (C=O) groups excluding carboxylic acids is 1. The number of unbranched alkanes of at least 4 members (excludes halogenated alkanes) is 2. The maximum Gasteiger partial charge on any atom is 0.274 e. The zero-order chi connectivity index (χ0) is 13.5. The molecule has 0 fully saturated rings. The van der Waals surface area contributed by atoms with Gasteiger partial charge in [0.05, 0.1) is 5.69 Å². The number of aromatic nitrogens is 1. The fourth-order valence-electron chi connectivity index (χ4n) is 1.86. The molecule has 0 aromatic carbocycles. The molecule has 1 amide bonds. The Morgan fingerprint density at radius 3 is 2.72 bits per heavy atom. The van der Waals surface area contributed by atoms with Crippen LogP contribution in [0.25, 0.3) is 0 Å². The summed E-state index contributed by atoms with van der Waals surface area (Å²) in [6, 6.07) is 3.61. The topological polar surface area (TPSA) is 59.2 Å². The van der Waals surface area contributed by atoms with Crippen molar-refractivity contribution < 1.29 is 4.79 Å². The maximum absolute atomic E-state index is 12.4. The number of nitrogens with two attached hydrogens (primary N) is 1. The SMILES string of the molecule is CCCCCN(C(=O)c1ncccc1N)C(C)C. The van der Waals surface area contributed by atoms with Crippen LogP contribution in [0.2, 0.25) is 0 Å². The molecule has 0 saturated heterocycles. The van der Waals surface area contributed by atoms with Gasteiger partial charge in [-0.2, -0.15) is 0 Å². The highest BCUT2D eigenvalue weighted by molar-refractivity contribution is 5.97. The van der Waals surface area contributed by atoms with Crippen LogP contribution in [-0.4, -0.2) is 28.4 Å². The zero-order valence-electron chi connectivity index (χ0n) is 11.5. The zero-order valence-corrected chi connectivity index (χ0v) is 11.5. The summed E-state index contributed by atoms with van der Waals surface area (Å²) in [6.45, 7) is 6.95. The quantitative estimate of drug-likeness (QED) is 0.789. The normalized spacial score (nSPS) is 10.7. The van der Waals surface area contributed by atoms with Crippen LogP contribution in [0.4, 0.5) is 5.69 Å². The van der Waals surface area contributed by atoms with Crippen molar-refractivity contribution in [2.45, 2.75) is 46.1 Å². The summed E-state index contributed by atoms with van der Waals surface area (Å²) in [7, 11) is 0. The third kappa shape index (κ3) is 3.72. The second-order valence-corrected chi connectivity index (χ2v) is 4.74. The van der Waals surface area contributed by atoms with Crippen LogP contribution in [-0.2, 0) is 0 Å². The molecule has 4 heteroatoms. The molecule has 0 radical (unpaired) electrons. The van der Waals surface area contributed by atoms with Crippen LogP contribution < -0.4 is 5.73 Å². The Labute approximate surface area is 109 Å². The van der Waals surface area contributed by atoms with Crippen LogP contribution in [0.5, 0.6) is 0 Å². The van der Waals surface area contributed by atoms with Crippen molar-refractivity contribution in [3.8, 4) is 0 Å². The van der Waals surface area contributed by atoms with Gasteiger partial charge in [-0.25, -0.2) is 4.98 Å². The maximum atomic E-state index is 12.4. The summed E-state index contributed by atoms with van der Waals surface area (Å²) in [5.41, 5.74) is 6.62. The summed E-state index contributed by atoms with van der Waals surface area (Å²) in [5.74, 6) is -0.0702. The number of nitrogens with zero attached hydrogens (tertiary/aromatic N) is 2. The first kappa shape index (κ1) is 14.5. The highest BCUT2D eigenvalue weighted by Gasteiger charge is 2.21. The van der Waals surface area contributed by atoms with Crippen molar-refractivity contribution in [1.82, 2.24) is 9.88 Å². The Morgan fingerprint density at radius 2 is 2.17 bits per heavy atom. The van der Waals surface area contributed by atoms with Gasteiger partial charge < -0.3 is 10.6 Å². The van der Waals surface area contributed by atoms with E-state index in [0.29, 0.717) is 11.4 Å². The smallest absolute Gasteiger partial charge is 0.274 e. The average molecular weight is 249 g/mol. The van der Waals surface area contributed by atoms with E-state index in [9.17, 15) is 4.79 Å². The Kier molecular flexibility index (Phi) is 5.62. The van der Waals surface area contributed by atoms with Crippen LogP contribution in [0.15, 0.2) is 18.3 Å². The number of amides is 1. The van der Waals surface area contributed by atoms with E-state index in [1.807, 2.05) is 18.7 Å². The number of hydrogen-bond acceptors (Lipinski definition) is 3. The molecule has 4 nitrogen and oxygen atoms in total. The molecule has 0 aliphatic carbocycles. The van der Waals surface area contributed by atoms with Gasteiger partial charge in [0.15, 0.2) is 5.69 Å². The standard InChI is InChI=1S/C14H23N3O/c1-4-5-6-10-17(11(2)3)14(18)13-12(15)8-7-9-16-13/h7-9,11H,4-6,10,15H2,1-3H3. The Balaban J connectivity index is 2.80. The molecule has 0 aliphatic rings. The molecule has 0 bridgehead atoms. The number of carbonyl (C=O) groups is 1. The lowest BCUT2D eigenvalue weighted by Crippen LogP contribution is -2.38. The number of nitrogen functional groups attached to an aromatic ring is 1. The molecule has 0 spiro atoms. The molecule has 2 N–H and O–H groups in total. The predicted octanol–water partition coefficient (Wildman–Crippen LogP) is 2.70. The first-order valence-electron chi connectivity index (χ1n) is 6.59. The lowest BCUT2D eigenvalue weighted by Gasteiger charge is -2.26. The van der Waals surface area contributed by atoms with E-state index >= 15 is 0 Å². The fraction of sp³-hybridized carbons (Fsp3) is 0.571. The Hall–Kier alpha value is -1.58. The lowest BCUT2D eigenvalue weighted by molar-refractivity contribution is 0.0697. The van der Waals surface area contributed by atoms with Crippen molar-refractivity contribution >= 4 is 11.6 Å². The van der Waals surface area contributed by atoms with Gasteiger partial charge in [-0.15, -0.1) is 0 Å². The summed E-state index contributed by atoms with van der Waals surface area (Å²) in [4.78, 5) is 18.3. The van der Waals surface area contributed by atoms with Gasteiger partial charge in [-0.05, 0) is 32.4 Å². The highest BCUT2D eigenvalue weighted by Crippen LogP contribution is 2.13. The van der Waals surface area contributed by atoms with Gasteiger partial charge in [0.1, 0.15) is 0 Å². The molecule has 1 heterocycles. The van der Waals surface area contributed by atoms with Crippen molar-refractivity contribution in [2.75, 3.05) is 12.3 Å². The Bertz CT molecular complexity index is 390. The van der Waals surface area contributed by atoms with Crippen LogP contribution in [0.3, 0.4) is 0 Å². The molecular weight excluding hydrogens is 226 g/mol. The van der Waals surface area contributed by atoms with Gasteiger partial charge in [0.2, 0.25) is 0 Å². The molecule has 0 saturated carbocycles. The summed E-state index contributed by atoms with van der Waals surface area (Å²) in [6.07, 6.45) is 4.90. The van der Waals surface area contributed by atoms with E-state index in [1.165, 1.54) is 0 Å². The minimum Gasteiger partial charge on any atom is -0.397 e. The van der Waals surface area contributed by atoms with Crippen molar-refractivity contribution in [3.63, 3.8) is 0 Å². The molecule has 1 aromatic rings. The third-order valence-electron chi connectivity index (χ3n) is 2.93. The van der Waals surface area contributed by atoms with E-state index in [-0.39, 0.29) is 11.9 Å². The number of anilines is 1. The molecular formula is C14H23N3O. The van der Waals surface area contributed by atoms with E-state index in [4.69, 9.17) is 5.73 Å². The monoisotopic (exact) mass is 249 g/mol. The summed E-state index contributed by atoms with van der Waals surface area (Å²) >= 11 is 0. The molecule has 1 aromatic heterocycles. The second kappa shape index (κ2) is 6.99. The second-order valence-electron chi connectivity index (χ2n) is 4.74. The van der Waals surface area contributed by atoms with Crippen molar-refractivity contribution in [1.29, 1.82) is 0 Å². The van der Waals surface area contributed by atoms with Gasteiger partial charge >= 0.3 is 0 Å². The lowest BCUT2D eigenvalue weighted by atomic mass is 10.2. The van der Waals surface area contributed by atoms with Crippen LogP contribution in [0, 0.1) is 0 Å². The number of hydrogen-bond donors (Lipinski definition) is 1. The number of pyridine rings is 1. The third-order valence-corrected chi connectivity index (χ3v) is 2.93. The first-order valence-corrected chi connectivity index (χ1v) is 6.59. The molecule has 18 heavy (non-hydrogen) atoms. The molecule has 0 atom stereocenters. The average Bonchev–Trinajstić information content (AvgIpc) is 2.34. The van der Waals surface area contributed by atoms with Gasteiger partial charge in [-0.1, -0.05) is 19.8 Å².